The summed E-state index contributed by atoms with van der Waals surface area (Å²) in [6, 6.07) is 75.4. The van der Waals surface area contributed by atoms with Crippen LogP contribution in [0.1, 0.15) is 11.1 Å². The van der Waals surface area contributed by atoms with Crippen LogP contribution in [-0.4, -0.2) is 0 Å². The number of rotatable bonds is 6. The number of aryl methyl sites for hydroxylation is 2. The van der Waals surface area contributed by atoms with Crippen LogP contribution in [0, 0.1) is 13.8 Å². The van der Waals surface area contributed by atoms with E-state index in [1.54, 1.807) is 0 Å². The van der Waals surface area contributed by atoms with Crippen molar-refractivity contribution < 1.29 is 0 Å². The van der Waals surface area contributed by atoms with Gasteiger partial charge in [0, 0.05) is 34.1 Å². The molecule has 0 unspecified atom stereocenters. The third-order valence-electron chi connectivity index (χ3n) is 12.0. The van der Waals surface area contributed by atoms with E-state index in [4.69, 9.17) is 0 Å². The average molecular weight is 741 g/mol. The second-order valence-electron chi connectivity index (χ2n) is 15.4. The quantitative estimate of drug-likeness (QED) is 0.124. The predicted octanol–water partition coefficient (Wildman–Crippen LogP) is 16.2. The number of benzene rings is 11. The van der Waals surface area contributed by atoms with Crippen LogP contribution in [-0.2, 0) is 0 Å². The van der Waals surface area contributed by atoms with Gasteiger partial charge in [0.1, 0.15) is 0 Å². The molecule has 0 saturated carbocycles. The molecule has 0 bridgehead atoms. The maximum atomic E-state index is 2.48. The highest BCUT2D eigenvalue weighted by atomic mass is 15.1. The Kier molecular flexibility index (Phi) is 7.97. The Balaban J connectivity index is 1.21. The lowest BCUT2D eigenvalue weighted by Gasteiger charge is -2.26. The lowest BCUT2D eigenvalue weighted by Crippen LogP contribution is -2.09. The van der Waals surface area contributed by atoms with Gasteiger partial charge in [-0.3, -0.25) is 0 Å². The third-order valence-corrected chi connectivity index (χ3v) is 12.0. The third kappa shape index (κ3) is 5.41. The molecular weight excluding hydrogens is 701 g/mol. The number of hydrogen-bond donors (Lipinski definition) is 0. The van der Waals surface area contributed by atoms with Crippen LogP contribution >= 0.6 is 0 Å². The van der Waals surface area contributed by atoms with Crippen molar-refractivity contribution in [1.29, 1.82) is 0 Å². The van der Waals surface area contributed by atoms with Gasteiger partial charge in [-0.1, -0.05) is 121 Å². The van der Waals surface area contributed by atoms with Gasteiger partial charge in [0.05, 0.1) is 0 Å². The average Bonchev–Trinajstić information content (AvgIpc) is 3.27. The fraction of sp³-hybridized carbons (Fsp3) is 0.0357. The summed E-state index contributed by atoms with van der Waals surface area (Å²) in [5.74, 6) is 0. The van der Waals surface area contributed by atoms with E-state index < -0.39 is 0 Å². The van der Waals surface area contributed by atoms with E-state index >= 15 is 0 Å². The van der Waals surface area contributed by atoms with Gasteiger partial charge in [-0.05, 0) is 175 Å². The zero-order valence-corrected chi connectivity index (χ0v) is 32.5. The topological polar surface area (TPSA) is 6.48 Å². The van der Waals surface area contributed by atoms with Gasteiger partial charge < -0.3 is 9.80 Å². The Labute approximate surface area is 338 Å². The molecule has 2 nitrogen and oxygen atoms in total. The van der Waals surface area contributed by atoms with Crippen molar-refractivity contribution in [3.63, 3.8) is 0 Å². The Hall–Kier alpha value is -7.42. The summed E-state index contributed by atoms with van der Waals surface area (Å²) in [5.41, 5.74) is 9.36. The van der Waals surface area contributed by atoms with Gasteiger partial charge in [-0.15, -0.1) is 0 Å². The van der Waals surface area contributed by atoms with Crippen molar-refractivity contribution in [1.82, 2.24) is 0 Å². The Bertz CT molecular complexity index is 3030. The number of para-hydroxylation sites is 4. The van der Waals surface area contributed by atoms with Crippen LogP contribution in [0.15, 0.2) is 206 Å². The van der Waals surface area contributed by atoms with Crippen molar-refractivity contribution in [2.24, 2.45) is 0 Å². The van der Waals surface area contributed by atoms with E-state index in [1.165, 1.54) is 75.8 Å². The molecule has 0 atom stereocenters. The fourth-order valence-corrected chi connectivity index (χ4v) is 9.42. The van der Waals surface area contributed by atoms with Crippen molar-refractivity contribution in [2.75, 3.05) is 9.80 Å². The molecule has 0 saturated heterocycles. The highest BCUT2D eigenvalue weighted by molar-refractivity contribution is 6.34. The summed E-state index contributed by atoms with van der Waals surface area (Å²) in [6.45, 7) is 4.51. The minimum Gasteiger partial charge on any atom is -0.310 e. The molecule has 2 heteroatoms. The first-order valence-corrected chi connectivity index (χ1v) is 20.1. The standard InChI is InChI=1S/C56H40N2/c1-37-17-15-27-47-51-35-50-46-32-30-44(58(41-23-11-5-12-24-41)42-25-13-6-14-26-42)34-54(46)56-38(2)18-16-28-48(56)52(50)36-49(51)45-31-29-43(33-53(45)55(37)47)57(39-19-7-3-8-20-39)40-21-9-4-10-22-40/h3-36H,1-2H3. The molecule has 0 amide bonds. The second kappa shape index (κ2) is 13.7. The molecule has 0 aliphatic heterocycles. The van der Waals surface area contributed by atoms with E-state index in [-0.39, 0.29) is 0 Å². The van der Waals surface area contributed by atoms with E-state index in [0.717, 1.165) is 34.1 Å². The van der Waals surface area contributed by atoms with Gasteiger partial charge in [0.25, 0.3) is 0 Å². The molecular formula is C56H40N2. The number of fused-ring (bicyclic) bond motifs is 12. The van der Waals surface area contributed by atoms with Gasteiger partial charge in [0.15, 0.2) is 0 Å². The molecule has 0 aromatic heterocycles. The van der Waals surface area contributed by atoms with E-state index in [2.05, 4.69) is 230 Å². The molecule has 0 N–H and O–H groups in total. The van der Waals surface area contributed by atoms with E-state index in [0.29, 0.717) is 0 Å². The Morgan fingerprint density at radius 3 is 0.897 bits per heavy atom. The fourth-order valence-electron chi connectivity index (χ4n) is 9.42. The maximum Gasteiger partial charge on any atom is 0.0468 e. The first kappa shape index (κ1) is 33.9. The first-order chi connectivity index (χ1) is 28.6. The number of hydrogen-bond acceptors (Lipinski definition) is 2. The van der Waals surface area contributed by atoms with Crippen molar-refractivity contribution in [3.8, 4) is 0 Å². The monoisotopic (exact) mass is 740 g/mol. The second-order valence-corrected chi connectivity index (χ2v) is 15.4. The lowest BCUT2D eigenvalue weighted by molar-refractivity contribution is 1.29. The smallest absolute Gasteiger partial charge is 0.0468 e. The van der Waals surface area contributed by atoms with Crippen LogP contribution < -0.4 is 9.80 Å². The number of anilines is 6. The molecule has 274 valence electrons. The van der Waals surface area contributed by atoms with Gasteiger partial charge >= 0.3 is 0 Å². The normalized spacial score (nSPS) is 11.6. The largest absolute Gasteiger partial charge is 0.310 e. The molecule has 0 aliphatic rings. The van der Waals surface area contributed by atoms with Crippen molar-refractivity contribution >= 4 is 98.8 Å². The molecule has 11 rings (SSSR count). The highest BCUT2D eigenvalue weighted by Crippen LogP contribution is 2.46. The molecule has 0 spiro atoms. The maximum absolute atomic E-state index is 2.48. The summed E-state index contributed by atoms with van der Waals surface area (Å²) < 4.78 is 0. The molecule has 0 radical (unpaired) electrons. The van der Waals surface area contributed by atoms with Gasteiger partial charge in [0.2, 0.25) is 0 Å². The van der Waals surface area contributed by atoms with Crippen LogP contribution in [0.3, 0.4) is 0 Å². The first-order valence-electron chi connectivity index (χ1n) is 20.1. The van der Waals surface area contributed by atoms with Crippen LogP contribution in [0.2, 0.25) is 0 Å². The SMILES string of the molecule is Cc1cccc2c3cc4c(cc3c3ccc(N(c5ccccc5)c5ccccc5)cc3c12)c1cccc(C)c1c1cc(N(c2ccccc2)c2ccccc2)ccc41. The van der Waals surface area contributed by atoms with Crippen LogP contribution in [0.5, 0.6) is 0 Å². The lowest BCUT2D eigenvalue weighted by atomic mass is 9.86. The molecule has 0 aliphatic carbocycles. The van der Waals surface area contributed by atoms with Crippen LogP contribution in [0.25, 0.3) is 64.6 Å². The Morgan fingerprint density at radius 2 is 0.552 bits per heavy atom. The Morgan fingerprint density at radius 1 is 0.224 bits per heavy atom. The minimum absolute atomic E-state index is 1.13. The summed E-state index contributed by atoms with van der Waals surface area (Å²) in [6.07, 6.45) is 0. The minimum atomic E-state index is 1.13. The van der Waals surface area contributed by atoms with Crippen molar-refractivity contribution in [3.05, 3.63) is 217 Å². The van der Waals surface area contributed by atoms with Gasteiger partial charge in [-0.2, -0.15) is 0 Å². The summed E-state index contributed by atoms with van der Waals surface area (Å²) in [5, 5.41) is 15.3. The number of nitrogens with zero attached hydrogens (tertiary/aromatic N) is 2. The summed E-state index contributed by atoms with van der Waals surface area (Å²) in [7, 11) is 0. The van der Waals surface area contributed by atoms with E-state index in [9.17, 15) is 0 Å². The highest BCUT2D eigenvalue weighted by Gasteiger charge is 2.20. The van der Waals surface area contributed by atoms with Crippen molar-refractivity contribution in [2.45, 2.75) is 13.8 Å². The molecule has 11 aromatic rings. The molecule has 0 heterocycles. The zero-order valence-electron chi connectivity index (χ0n) is 32.5. The van der Waals surface area contributed by atoms with Crippen LogP contribution in [0.4, 0.5) is 34.1 Å². The predicted molar refractivity (Wildman–Crippen MR) is 250 cm³/mol. The summed E-state index contributed by atoms with van der Waals surface area (Å²) >= 11 is 0. The van der Waals surface area contributed by atoms with E-state index in [1.807, 2.05) is 0 Å². The zero-order chi connectivity index (χ0) is 38.7. The molecule has 0 fully saturated rings. The molecule has 58 heavy (non-hydrogen) atoms. The summed E-state index contributed by atoms with van der Waals surface area (Å²) in [4.78, 5) is 4.73. The van der Waals surface area contributed by atoms with Gasteiger partial charge in [-0.25, -0.2) is 0 Å². The molecule has 11 aromatic carbocycles.